The molecule has 0 bridgehead atoms. The molecular formula is C37H75NO8P+. The number of ether oxygens (including phenoxy) is 2. The van der Waals surface area contributed by atoms with Crippen LogP contribution in [-0.2, 0) is 37.2 Å². The lowest BCUT2D eigenvalue weighted by Crippen LogP contribution is -3.06. The minimum atomic E-state index is -3.85. The lowest BCUT2D eigenvalue weighted by Gasteiger charge is -2.22. The number of hydrogen-bond donors (Lipinski definition) is 1. The van der Waals surface area contributed by atoms with Crippen LogP contribution in [0.15, 0.2) is 0 Å². The van der Waals surface area contributed by atoms with Gasteiger partial charge in [0.2, 0.25) is 0 Å². The summed E-state index contributed by atoms with van der Waals surface area (Å²) in [6.07, 6.45) is 26.2. The fraction of sp³-hybridized carbons (Fsp3) is 0.946. The van der Waals surface area contributed by atoms with E-state index in [1.807, 2.05) is 14.1 Å². The van der Waals surface area contributed by atoms with Gasteiger partial charge in [-0.15, -0.1) is 0 Å². The topological polar surface area (TPSA) is 102 Å². The van der Waals surface area contributed by atoms with Crippen LogP contribution in [0.25, 0.3) is 0 Å². The molecule has 10 heteroatoms. The molecule has 47 heavy (non-hydrogen) atoms. The first-order valence-electron chi connectivity index (χ1n) is 19.4. The van der Waals surface area contributed by atoms with Gasteiger partial charge in [0.15, 0.2) is 6.10 Å². The summed E-state index contributed by atoms with van der Waals surface area (Å²) in [7, 11) is 0.0735. The summed E-state index contributed by atoms with van der Waals surface area (Å²) in [4.78, 5) is 26.3. The quantitative estimate of drug-likeness (QED) is 0.0394. The molecule has 0 radical (unpaired) electrons. The number of likely N-dealkylation sites (N-methyl/N-ethyl adjacent to an activating group) is 1. The number of unbranched alkanes of at least 4 members (excludes halogenated alkanes) is 20. The molecule has 0 saturated carbocycles. The van der Waals surface area contributed by atoms with Crippen molar-refractivity contribution in [2.75, 3.05) is 47.1 Å². The molecule has 0 amide bonds. The summed E-state index contributed by atoms with van der Waals surface area (Å²) in [5.41, 5.74) is 0. The van der Waals surface area contributed by atoms with E-state index in [-0.39, 0.29) is 44.8 Å². The monoisotopic (exact) mass is 693 g/mol. The summed E-state index contributed by atoms with van der Waals surface area (Å²) in [5, 5.41) is 0. The Morgan fingerprint density at radius 1 is 0.553 bits per heavy atom. The number of phosphoric ester groups is 1. The normalized spacial score (nSPS) is 13.5. The first-order chi connectivity index (χ1) is 22.8. The summed E-state index contributed by atoms with van der Waals surface area (Å²) in [6, 6.07) is 0. The zero-order valence-electron chi connectivity index (χ0n) is 31.3. The third-order valence-electron chi connectivity index (χ3n) is 8.25. The zero-order valence-corrected chi connectivity index (χ0v) is 32.2. The van der Waals surface area contributed by atoms with Crippen LogP contribution in [0.4, 0.5) is 0 Å². The molecular weight excluding hydrogens is 617 g/mol. The Morgan fingerprint density at radius 3 is 1.40 bits per heavy atom. The van der Waals surface area contributed by atoms with Crippen molar-refractivity contribution in [2.24, 2.45) is 0 Å². The van der Waals surface area contributed by atoms with E-state index in [1.54, 1.807) is 6.92 Å². The second-order valence-corrected chi connectivity index (χ2v) is 15.0. The lowest BCUT2D eigenvalue weighted by atomic mass is 10.1. The Hall–Kier alpha value is -0.990. The highest BCUT2D eigenvalue weighted by Crippen LogP contribution is 2.49. The van der Waals surface area contributed by atoms with Gasteiger partial charge in [-0.25, -0.2) is 4.57 Å². The number of carbonyl (C=O) groups is 2. The number of rotatable bonds is 36. The second kappa shape index (κ2) is 33.5. The molecule has 0 aliphatic rings. The van der Waals surface area contributed by atoms with E-state index in [4.69, 9.17) is 23.0 Å². The van der Waals surface area contributed by atoms with Crippen LogP contribution in [0, 0.1) is 0 Å². The molecule has 0 aliphatic heterocycles. The summed E-state index contributed by atoms with van der Waals surface area (Å²) in [6.45, 7) is 6.74. The molecule has 2 unspecified atom stereocenters. The Kier molecular flexibility index (Phi) is 32.8. The van der Waals surface area contributed by atoms with Crippen LogP contribution in [0.5, 0.6) is 0 Å². The molecule has 280 valence electrons. The van der Waals surface area contributed by atoms with Crippen LogP contribution in [-0.4, -0.2) is 65.1 Å². The van der Waals surface area contributed by atoms with Crippen molar-refractivity contribution < 1.29 is 42.1 Å². The van der Waals surface area contributed by atoms with Crippen molar-refractivity contribution in [3.05, 3.63) is 0 Å². The predicted octanol–water partition coefficient (Wildman–Crippen LogP) is 9.17. The summed E-state index contributed by atoms with van der Waals surface area (Å²) in [5.74, 6) is -0.704. The van der Waals surface area contributed by atoms with Crippen LogP contribution < -0.4 is 4.90 Å². The van der Waals surface area contributed by atoms with E-state index in [2.05, 4.69) is 13.8 Å². The number of nitrogens with one attached hydrogen (secondary N) is 1. The molecule has 1 N–H and O–H groups in total. The average Bonchev–Trinajstić information content (AvgIpc) is 3.03. The van der Waals surface area contributed by atoms with Gasteiger partial charge in [0.05, 0.1) is 27.3 Å². The van der Waals surface area contributed by atoms with E-state index in [9.17, 15) is 14.2 Å². The van der Waals surface area contributed by atoms with Crippen molar-refractivity contribution in [3.8, 4) is 0 Å². The third kappa shape index (κ3) is 32.0. The number of hydrogen-bond acceptors (Lipinski definition) is 8. The molecule has 0 spiro atoms. The smallest absolute Gasteiger partial charge is 0.462 e. The standard InChI is InChI=1S/C37H74NO8P/c1-6-9-11-13-15-17-19-21-23-25-27-29-36(39)42-33-35(34-45-47(41,43-8-3)44-32-31-38(4)5)46-37(40)30-28-26-24-22-20-18-16-14-12-10-7-2/h35H,6-34H2,1-5H3/p+1. The van der Waals surface area contributed by atoms with E-state index < -0.39 is 13.9 Å². The fourth-order valence-electron chi connectivity index (χ4n) is 5.29. The molecule has 0 rings (SSSR count). The van der Waals surface area contributed by atoms with Gasteiger partial charge in [-0.3, -0.25) is 23.2 Å². The van der Waals surface area contributed by atoms with Crippen molar-refractivity contribution >= 4 is 19.8 Å². The maximum Gasteiger partial charge on any atom is 0.475 e. The van der Waals surface area contributed by atoms with Gasteiger partial charge < -0.3 is 14.4 Å². The SMILES string of the molecule is CCCCCCCCCCCCCC(=O)OCC(COP(=O)(OCC)OCC[NH+](C)C)OC(=O)CCCCCCCCCCCCC. The van der Waals surface area contributed by atoms with Gasteiger partial charge in [-0.1, -0.05) is 142 Å². The number of phosphoric acid groups is 1. The van der Waals surface area contributed by atoms with Gasteiger partial charge >= 0.3 is 19.8 Å². The van der Waals surface area contributed by atoms with Gasteiger partial charge in [0, 0.05) is 12.8 Å². The van der Waals surface area contributed by atoms with E-state index >= 15 is 0 Å². The van der Waals surface area contributed by atoms with Gasteiger partial charge in [0.25, 0.3) is 0 Å². The van der Waals surface area contributed by atoms with E-state index in [0.29, 0.717) is 13.0 Å². The Labute approximate surface area is 289 Å². The molecule has 0 saturated heterocycles. The molecule has 0 aliphatic carbocycles. The minimum Gasteiger partial charge on any atom is -0.462 e. The molecule has 0 aromatic heterocycles. The van der Waals surface area contributed by atoms with Crippen LogP contribution in [0.2, 0.25) is 0 Å². The van der Waals surface area contributed by atoms with Crippen molar-refractivity contribution in [3.63, 3.8) is 0 Å². The summed E-state index contributed by atoms with van der Waals surface area (Å²) < 4.78 is 40.6. The fourth-order valence-corrected chi connectivity index (χ4v) is 6.50. The molecule has 2 atom stereocenters. The largest absolute Gasteiger partial charge is 0.475 e. The van der Waals surface area contributed by atoms with E-state index in [0.717, 1.165) is 43.4 Å². The lowest BCUT2D eigenvalue weighted by molar-refractivity contribution is -0.858. The van der Waals surface area contributed by atoms with E-state index in [1.165, 1.54) is 103 Å². The van der Waals surface area contributed by atoms with Gasteiger partial charge in [0.1, 0.15) is 19.8 Å². The van der Waals surface area contributed by atoms with Crippen molar-refractivity contribution in [2.45, 2.75) is 181 Å². The second-order valence-electron chi connectivity index (χ2n) is 13.3. The molecule has 0 aromatic carbocycles. The molecule has 0 heterocycles. The Morgan fingerprint density at radius 2 is 0.979 bits per heavy atom. The highest BCUT2D eigenvalue weighted by Gasteiger charge is 2.29. The third-order valence-corrected chi connectivity index (χ3v) is 9.79. The Bertz CT molecular complexity index is 767. The van der Waals surface area contributed by atoms with Crippen LogP contribution in [0.1, 0.15) is 175 Å². The zero-order chi connectivity index (χ0) is 34.9. The summed E-state index contributed by atoms with van der Waals surface area (Å²) >= 11 is 0. The maximum atomic E-state index is 13.1. The minimum absolute atomic E-state index is 0.142. The van der Waals surface area contributed by atoms with Gasteiger partial charge in [-0.2, -0.15) is 0 Å². The number of esters is 2. The molecule has 0 fully saturated rings. The van der Waals surface area contributed by atoms with Crippen LogP contribution in [0.3, 0.4) is 0 Å². The molecule has 9 nitrogen and oxygen atoms in total. The average molecular weight is 693 g/mol. The first-order valence-corrected chi connectivity index (χ1v) is 20.9. The van der Waals surface area contributed by atoms with Gasteiger partial charge in [-0.05, 0) is 19.8 Å². The van der Waals surface area contributed by atoms with Crippen molar-refractivity contribution in [1.82, 2.24) is 0 Å². The first kappa shape index (κ1) is 46.0. The number of carbonyl (C=O) groups excluding carboxylic acids is 2. The van der Waals surface area contributed by atoms with Crippen molar-refractivity contribution in [1.29, 1.82) is 0 Å². The maximum absolute atomic E-state index is 13.1. The number of quaternary nitrogens is 1. The van der Waals surface area contributed by atoms with Crippen LogP contribution >= 0.6 is 7.82 Å². The Balaban J connectivity index is 4.57. The predicted molar refractivity (Wildman–Crippen MR) is 192 cm³/mol. The molecule has 0 aromatic rings. The highest BCUT2D eigenvalue weighted by molar-refractivity contribution is 7.48. The highest BCUT2D eigenvalue weighted by atomic mass is 31.2.